The van der Waals surface area contributed by atoms with E-state index in [1.165, 1.54) is 6.08 Å². The summed E-state index contributed by atoms with van der Waals surface area (Å²) >= 11 is 5.94. The van der Waals surface area contributed by atoms with Crippen LogP contribution in [0.4, 0.5) is 0 Å². The SMILES string of the molecule is CCOC(=O)C=Cc1ccc(CC(=O)O)c(Cl)c1. The Morgan fingerprint density at radius 1 is 1.44 bits per heavy atom. The number of ether oxygens (including phenoxy) is 1. The number of hydrogen-bond acceptors (Lipinski definition) is 3. The Kier molecular flexibility index (Phi) is 5.39. The number of aliphatic carboxylic acids is 1. The van der Waals surface area contributed by atoms with Crippen LogP contribution in [0, 0.1) is 0 Å². The van der Waals surface area contributed by atoms with Crippen molar-refractivity contribution in [3.63, 3.8) is 0 Å². The second kappa shape index (κ2) is 6.81. The minimum atomic E-state index is -0.938. The van der Waals surface area contributed by atoms with Gasteiger partial charge in [0, 0.05) is 11.1 Å². The van der Waals surface area contributed by atoms with E-state index in [0.29, 0.717) is 22.8 Å². The van der Waals surface area contributed by atoms with E-state index in [4.69, 9.17) is 21.4 Å². The molecule has 1 rings (SSSR count). The van der Waals surface area contributed by atoms with Gasteiger partial charge in [-0.3, -0.25) is 4.79 Å². The molecule has 0 saturated carbocycles. The van der Waals surface area contributed by atoms with Crippen LogP contribution in [0.1, 0.15) is 18.1 Å². The van der Waals surface area contributed by atoms with Crippen molar-refractivity contribution in [2.75, 3.05) is 6.61 Å². The number of hydrogen-bond donors (Lipinski definition) is 1. The fraction of sp³-hybridized carbons (Fsp3) is 0.231. The molecule has 0 spiro atoms. The first kappa shape index (κ1) is 14.3. The quantitative estimate of drug-likeness (QED) is 0.658. The van der Waals surface area contributed by atoms with Crippen LogP contribution in [0.25, 0.3) is 6.08 Å². The summed E-state index contributed by atoms with van der Waals surface area (Å²) in [5.41, 5.74) is 1.25. The summed E-state index contributed by atoms with van der Waals surface area (Å²) in [7, 11) is 0. The summed E-state index contributed by atoms with van der Waals surface area (Å²) in [4.78, 5) is 21.7. The predicted octanol–water partition coefficient (Wildman–Crippen LogP) is 2.54. The lowest BCUT2D eigenvalue weighted by atomic mass is 10.1. The smallest absolute Gasteiger partial charge is 0.330 e. The minimum absolute atomic E-state index is 0.124. The van der Waals surface area contributed by atoms with Crippen LogP contribution >= 0.6 is 11.6 Å². The van der Waals surface area contributed by atoms with E-state index in [2.05, 4.69) is 0 Å². The molecule has 0 aliphatic heterocycles. The Bertz CT molecular complexity index is 480. The molecule has 1 N–H and O–H groups in total. The molecule has 0 aromatic heterocycles. The van der Waals surface area contributed by atoms with Gasteiger partial charge in [-0.15, -0.1) is 0 Å². The molecule has 0 heterocycles. The van der Waals surface area contributed by atoms with Gasteiger partial charge in [-0.2, -0.15) is 0 Å². The summed E-state index contributed by atoms with van der Waals surface area (Å²) < 4.78 is 4.73. The van der Waals surface area contributed by atoms with Crippen molar-refractivity contribution >= 4 is 29.6 Å². The highest BCUT2D eigenvalue weighted by Gasteiger charge is 2.05. The minimum Gasteiger partial charge on any atom is -0.481 e. The summed E-state index contributed by atoms with van der Waals surface area (Å²) in [5.74, 6) is -1.37. The van der Waals surface area contributed by atoms with Crippen molar-refractivity contribution in [3.8, 4) is 0 Å². The molecule has 0 bridgehead atoms. The number of benzene rings is 1. The average molecular weight is 269 g/mol. The zero-order chi connectivity index (χ0) is 13.5. The van der Waals surface area contributed by atoms with Gasteiger partial charge in [0.05, 0.1) is 13.0 Å². The highest BCUT2D eigenvalue weighted by Crippen LogP contribution is 2.19. The molecule has 0 aliphatic rings. The fourth-order valence-electron chi connectivity index (χ4n) is 1.33. The van der Waals surface area contributed by atoms with Gasteiger partial charge in [0.1, 0.15) is 0 Å². The number of carbonyl (C=O) groups is 2. The number of rotatable bonds is 5. The fourth-order valence-corrected chi connectivity index (χ4v) is 1.58. The Morgan fingerprint density at radius 3 is 2.72 bits per heavy atom. The van der Waals surface area contributed by atoms with Gasteiger partial charge in [0.2, 0.25) is 0 Å². The van der Waals surface area contributed by atoms with Crippen molar-refractivity contribution in [2.24, 2.45) is 0 Å². The van der Waals surface area contributed by atoms with E-state index in [1.54, 1.807) is 31.2 Å². The largest absolute Gasteiger partial charge is 0.481 e. The van der Waals surface area contributed by atoms with Gasteiger partial charge in [-0.25, -0.2) is 4.79 Å². The maximum atomic E-state index is 11.1. The second-order valence-corrected chi connectivity index (χ2v) is 3.91. The van der Waals surface area contributed by atoms with E-state index in [-0.39, 0.29) is 6.42 Å². The molecule has 4 nitrogen and oxygen atoms in total. The maximum absolute atomic E-state index is 11.1. The van der Waals surface area contributed by atoms with Crippen molar-refractivity contribution in [1.29, 1.82) is 0 Å². The van der Waals surface area contributed by atoms with Gasteiger partial charge in [-0.05, 0) is 30.2 Å². The molecule has 0 amide bonds. The zero-order valence-electron chi connectivity index (χ0n) is 9.85. The number of halogens is 1. The van der Waals surface area contributed by atoms with Crippen LogP contribution in [0.2, 0.25) is 5.02 Å². The lowest BCUT2D eigenvalue weighted by Gasteiger charge is -2.02. The highest BCUT2D eigenvalue weighted by atomic mass is 35.5. The third kappa shape index (κ3) is 4.59. The first-order valence-corrected chi connectivity index (χ1v) is 5.75. The van der Waals surface area contributed by atoms with Gasteiger partial charge in [-0.1, -0.05) is 23.7 Å². The van der Waals surface area contributed by atoms with E-state index >= 15 is 0 Å². The van der Waals surface area contributed by atoms with Crippen LogP contribution in [0.15, 0.2) is 24.3 Å². The van der Waals surface area contributed by atoms with Crippen LogP contribution in [0.3, 0.4) is 0 Å². The van der Waals surface area contributed by atoms with Gasteiger partial charge >= 0.3 is 11.9 Å². The van der Waals surface area contributed by atoms with Crippen LogP contribution in [0.5, 0.6) is 0 Å². The Hall–Kier alpha value is -1.81. The molecule has 0 fully saturated rings. The number of carbonyl (C=O) groups excluding carboxylic acids is 1. The molecule has 1 aromatic rings. The first-order chi connectivity index (χ1) is 8.52. The number of esters is 1. The Morgan fingerprint density at radius 2 is 2.17 bits per heavy atom. The highest BCUT2D eigenvalue weighted by molar-refractivity contribution is 6.31. The van der Waals surface area contributed by atoms with E-state index < -0.39 is 11.9 Å². The molecular weight excluding hydrogens is 256 g/mol. The van der Waals surface area contributed by atoms with Crippen LogP contribution in [-0.2, 0) is 20.7 Å². The second-order valence-electron chi connectivity index (χ2n) is 3.51. The monoisotopic (exact) mass is 268 g/mol. The first-order valence-electron chi connectivity index (χ1n) is 5.38. The molecule has 0 atom stereocenters. The molecule has 1 aromatic carbocycles. The topological polar surface area (TPSA) is 63.6 Å². The van der Waals surface area contributed by atoms with E-state index in [9.17, 15) is 9.59 Å². The van der Waals surface area contributed by atoms with Gasteiger partial charge in [0.25, 0.3) is 0 Å². The van der Waals surface area contributed by atoms with Gasteiger partial charge in [0.15, 0.2) is 0 Å². The third-order valence-corrected chi connectivity index (χ3v) is 2.47. The third-order valence-electron chi connectivity index (χ3n) is 2.12. The molecular formula is C13H13ClO4. The predicted molar refractivity (Wildman–Crippen MR) is 68.5 cm³/mol. The molecule has 0 radical (unpaired) electrons. The number of carboxylic acids is 1. The lowest BCUT2D eigenvalue weighted by Crippen LogP contribution is -2.01. The normalized spacial score (nSPS) is 10.6. The molecule has 0 aliphatic carbocycles. The van der Waals surface area contributed by atoms with Gasteiger partial charge < -0.3 is 9.84 Å². The molecule has 0 unspecified atom stereocenters. The van der Waals surface area contributed by atoms with E-state index in [1.807, 2.05) is 0 Å². The molecule has 5 heteroatoms. The maximum Gasteiger partial charge on any atom is 0.330 e. The Labute approximate surface area is 110 Å². The van der Waals surface area contributed by atoms with E-state index in [0.717, 1.165) is 0 Å². The standard InChI is InChI=1S/C13H13ClO4/c1-2-18-13(17)6-4-9-3-5-10(8-12(15)16)11(14)7-9/h3-7H,2,8H2,1H3,(H,15,16). The zero-order valence-corrected chi connectivity index (χ0v) is 10.6. The van der Waals surface area contributed by atoms with Crippen LogP contribution < -0.4 is 0 Å². The molecule has 96 valence electrons. The molecule has 0 saturated heterocycles. The van der Waals surface area contributed by atoms with Crippen molar-refractivity contribution in [1.82, 2.24) is 0 Å². The van der Waals surface area contributed by atoms with Crippen molar-refractivity contribution in [2.45, 2.75) is 13.3 Å². The van der Waals surface area contributed by atoms with Crippen molar-refractivity contribution in [3.05, 3.63) is 40.4 Å². The number of carboxylic acid groups (broad SMARTS) is 1. The van der Waals surface area contributed by atoms with Crippen molar-refractivity contribution < 1.29 is 19.4 Å². The summed E-state index contributed by atoms with van der Waals surface area (Å²) in [6.45, 7) is 2.05. The lowest BCUT2D eigenvalue weighted by molar-refractivity contribution is -0.137. The van der Waals surface area contributed by atoms with Crippen LogP contribution in [-0.4, -0.2) is 23.7 Å². The average Bonchev–Trinajstić information content (AvgIpc) is 2.29. The Balaban J connectivity index is 2.78. The summed E-state index contributed by atoms with van der Waals surface area (Å²) in [5, 5.41) is 9.03. The molecule has 18 heavy (non-hydrogen) atoms. The summed E-state index contributed by atoms with van der Waals surface area (Å²) in [6, 6.07) is 4.93. The summed E-state index contributed by atoms with van der Waals surface area (Å²) in [6.07, 6.45) is 2.74.